The Bertz CT molecular complexity index is 613. The SMILES string of the molecule is O=C(O)[C@H]1CC[C@@H](C(=O)N2CCC(Oc3cccc(Cl)c3)CC2)C1. The molecular formula is C18H22ClNO4. The van der Waals surface area contributed by atoms with Crippen LogP contribution in [0.2, 0.25) is 5.02 Å². The van der Waals surface area contributed by atoms with Crippen LogP contribution in [-0.4, -0.2) is 41.1 Å². The molecule has 1 amide bonds. The van der Waals surface area contributed by atoms with E-state index in [-0.39, 0.29) is 23.8 Å². The predicted octanol–water partition coefficient (Wildman–Crippen LogP) is 3.21. The van der Waals surface area contributed by atoms with E-state index in [1.807, 2.05) is 23.1 Å². The van der Waals surface area contributed by atoms with E-state index in [0.717, 1.165) is 18.6 Å². The second-order valence-electron chi connectivity index (χ2n) is 6.65. The second-order valence-corrected chi connectivity index (χ2v) is 7.08. The maximum atomic E-state index is 12.6. The number of nitrogens with zero attached hydrogens (tertiary/aromatic N) is 1. The van der Waals surface area contributed by atoms with Crippen LogP contribution in [0.15, 0.2) is 24.3 Å². The highest BCUT2D eigenvalue weighted by Gasteiger charge is 2.36. The van der Waals surface area contributed by atoms with Crippen LogP contribution < -0.4 is 4.74 Å². The number of aliphatic carboxylic acids is 1. The number of hydrogen-bond acceptors (Lipinski definition) is 3. The molecule has 0 bridgehead atoms. The van der Waals surface area contributed by atoms with Crippen molar-refractivity contribution in [3.05, 3.63) is 29.3 Å². The minimum atomic E-state index is -0.779. The topological polar surface area (TPSA) is 66.8 Å². The number of carbonyl (C=O) groups excluding carboxylic acids is 1. The molecule has 1 saturated carbocycles. The van der Waals surface area contributed by atoms with Crippen LogP contribution in [0.5, 0.6) is 5.75 Å². The summed E-state index contributed by atoms with van der Waals surface area (Å²) in [6.45, 7) is 1.33. The Labute approximate surface area is 146 Å². The molecule has 0 spiro atoms. The van der Waals surface area contributed by atoms with E-state index in [1.165, 1.54) is 0 Å². The predicted molar refractivity (Wildman–Crippen MR) is 90.1 cm³/mol. The van der Waals surface area contributed by atoms with Gasteiger partial charge in [-0.3, -0.25) is 9.59 Å². The molecule has 1 aliphatic carbocycles. The van der Waals surface area contributed by atoms with Gasteiger partial charge in [-0.25, -0.2) is 0 Å². The summed E-state index contributed by atoms with van der Waals surface area (Å²) < 4.78 is 5.94. The molecule has 0 radical (unpaired) electrons. The van der Waals surface area contributed by atoms with E-state index < -0.39 is 5.97 Å². The fraction of sp³-hybridized carbons (Fsp3) is 0.556. The number of rotatable bonds is 4. The molecule has 2 fully saturated rings. The number of carbonyl (C=O) groups is 2. The third-order valence-corrected chi connectivity index (χ3v) is 5.22. The lowest BCUT2D eigenvalue weighted by molar-refractivity contribution is -0.141. The summed E-state index contributed by atoms with van der Waals surface area (Å²) in [6.07, 6.45) is 3.44. The van der Waals surface area contributed by atoms with Crippen molar-refractivity contribution in [2.45, 2.75) is 38.2 Å². The first-order valence-corrected chi connectivity index (χ1v) is 8.84. The number of piperidine rings is 1. The van der Waals surface area contributed by atoms with Gasteiger partial charge in [0.2, 0.25) is 5.91 Å². The lowest BCUT2D eigenvalue weighted by Gasteiger charge is -2.33. The summed E-state index contributed by atoms with van der Waals surface area (Å²) in [5.41, 5.74) is 0. The molecule has 130 valence electrons. The number of benzene rings is 1. The highest BCUT2D eigenvalue weighted by Crippen LogP contribution is 2.33. The molecule has 5 nitrogen and oxygen atoms in total. The van der Waals surface area contributed by atoms with Crippen molar-refractivity contribution in [3.8, 4) is 5.75 Å². The lowest BCUT2D eigenvalue weighted by Crippen LogP contribution is -2.44. The van der Waals surface area contributed by atoms with Crippen LogP contribution in [-0.2, 0) is 9.59 Å². The van der Waals surface area contributed by atoms with Crippen LogP contribution >= 0.6 is 11.6 Å². The first-order valence-electron chi connectivity index (χ1n) is 8.46. The van der Waals surface area contributed by atoms with Crippen molar-refractivity contribution < 1.29 is 19.4 Å². The zero-order chi connectivity index (χ0) is 17.1. The molecule has 1 heterocycles. The van der Waals surface area contributed by atoms with E-state index in [9.17, 15) is 9.59 Å². The molecule has 6 heteroatoms. The molecule has 1 aromatic rings. The normalized spacial score (nSPS) is 24.8. The largest absolute Gasteiger partial charge is 0.490 e. The van der Waals surface area contributed by atoms with E-state index in [0.29, 0.717) is 37.4 Å². The molecule has 0 unspecified atom stereocenters. The molecule has 1 aliphatic heterocycles. The molecule has 1 aromatic carbocycles. The molecule has 2 atom stereocenters. The second kappa shape index (κ2) is 7.43. The number of carboxylic acids is 1. The van der Waals surface area contributed by atoms with E-state index in [4.69, 9.17) is 21.4 Å². The van der Waals surface area contributed by atoms with Crippen LogP contribution in [0.4, 0.5) is 0 Å². The summed E-state index contributed by atoms with van der Waals surface area (Å²) in [5, 5.41) is 9.71. The fourth-order valence-corrected chi connectivity index (χ4v) is 3.80. The fourth-order valence-electron chi connectivity index (χ4n) is 3.62. The summed E-state index contributed by atoms with van der Waals surface area (Å²) in [6, 6.07) is 7.34. The molecule has 0 aromatic heterocycles. The van der Waals surface area contributed by atoms with Gasteiger partial charge in [-0.2, -0.15) is 0 Å². The Morgan fingerprint density at radius 3 is 2.46 bits per heavy atom. The van der Waals surface area contributed by atoms with E-state index in [1.54, 1.807) is 6.07 Å². The van der Waals surface area contributed by atoms with Crippen molar-refractivity contribution in [1.82, 2.24) is 4.90 Å². The van der Waals surface area contributed by atoms with Crippen LogP contribution in [0.3, 0.4) is 0 Å². The average Bonchev–Trinajstić information content (AvgIpc) is 3.05. The minimum absolute atomic E-state index is 0.0860. The molecule has 24 heavy (non-hydrogen) atoms. The summed E-state index contributed by atoms with van der Waals surface area (Å²) in [4.78, 5) is 25.5. The Morgan fingerprint density at radius 1 is 1.12 bits per heavy atom. The highest BCUT2D eigenvalue weighted by molar-refractivity contribution is 6.30. The molecular weight excluding hydrogens is 330 g/mol. The van der Waals surface area contributed by atoms with Gasteiger partial charge in [0.25, 0.3) is 0 Å². The molecule has 1 N–H and O–H groups in total. The zero-order valence-corrected chi connectivity index (χ0v) is 14.2. The maximum absolute atomic E-state index is 12.6. The van der Waals surface area contributed by atoms with Gasteiger partial charge < -0.3 is 14.7 Å². The molecule has 1 saturated heterocycles. The van der Waals surface area contributed by atoms with Gasteiger partial charge in [0, 0.05) is 36.9 Å². The summed E-state index contributed by atoms with van der Waals surface area (Å²) in [7, 11) is 0. The Morgan fingerprint density at radius 2 is 1.83 bits per heavy atom. The third-order valence-electron chi connectivity index (χ3n) is 4.98. The van der Waals surface area contributed by atoms with E-state index in [2.05, 4.69) is 0 Å². The monoisotopic (exact) mass is 351 g/mol. The van der Waals surface area contributed by atoms with Gasteiger partial charge in [0.15, 0.2) is 0 Å². The standard InChI is InChI=1S/C18H22ClNO4/c19-14-2-1-3-16(11-14)24-15-6-8-20(9-7-15)17(21)12-4-5-13(10-12)18(22)23/h1-3,11-13,15H,4-10H2,(H,22,23)/t12-,13+/m1/s1. The Hall–Kier alpha value is -1.75. The van der Waals surface area contributed by atoms with Gasteiger partial charge >= 0.3 is 5.97 Å². The molecule has 3 rings (SSSR count). The first-order chi connectivity index (χ1) is 11.5. The first kappa shape index (κ1) is 17.1. The van der Waals surface area contributed by atoms with Gasteiger partial charge in [-0.15, -0.1) is 0 Å². The summed E-state index contributed by atoms with van der Waals surface area (Å²) >= 11 is 5.96. The van der Waals surface area contributed by atoms with Crippen molar-refractivity contribution >= 4 is 23.5 Å². The minimum Gasteiger partial charge on any atom is -0.490 e. The maximum Gasteiger partial charge on any atom is 0.306 e. The van der Waals surface area contributed by atoms with Gasteiger partial charge in [-0.05, 0) is 37.5 Å². The number of ether oxygens (including phenoxy) is 1. The van der Waals surface area contributed by atoms with Crippen molar-refractivity contribution in [2.24, 2.45) is 11.8 Å². The quantitative estimate of drug-likeness (QED) is 0.904. The zero-order valence-electron chi connectivity index (χ0n) is 13.5. The smallest absolute Gasteiger partial charge is 0.306 e. The van der Waals surface area contributed by atoms with Crippen molar-refractivity contribution in [3.63, 3.8) is 0 Å². The lowest BCUT2D eigenvalue weighted by atomic mass is 10.0. The van der Waals surface area contributed by atoms with Gasteiger partial charge in [-0.1, -0.05) is 17.7 Å². The Kier molecular flexibility index (Phi) is 5.29. The van der Waals surface area contributed by atoms with Crippen LogP contribution in [0.1, 0.15) is 32.1 Å². The highest BCUT2D eigenvalue weighted by atomic mass is 35.5. The number of hydrogen-bond donors (Lipinski definition) is 1. The number of halogens is 1. The number of amides is 1. The van der Waals surface area contributed by atoms with Gasteiger partial charge in [0.1, 0.15) is 11.9 Å². The van der Waals surface area contributed by atoms with Gasteiger partial charge in [0.05, 0.1) is 5.92 Å². The number of carboxylic acid groups (broad SMARTS) is 1. The van der Waals surface area contributed by atoms with Crippen molar-refractivity contribution in [2.75, 3.05) is 13.1 Å². The molecule has 2 aliphatic rings. The van der Waals surface area contributed by atoms with Crippen LogP contribution in [0, 0.1) is 11.8 Å². The van der Waals surface area contributed by atoms with Crippen molar-refractivity contribution in [1.29, 1.82) is 0 Å². The third kappa shape index (κ3) is 4.01. The average molecular weight is 352 g/mol. The number of likely N-dealkylation sites (tertiary alicyclic amines) is 1. The summed E-state index contributed by atoms with van der Waals surface area (Å²) in [5.74, 6) is -0.398. The Balaban J connectivity index is 1.48. The van der Waals surface area contributed by atoms with Crippen LogP contribution in [0.25, 0.3) is 0 Å². The van der Waals surface area contributed by atoms with E-state index >= 15 is 0 Å².